The maximum Gasteiger partial charge on any atom is 0.574 e. The molecule has 20 heavy (non-hydrogen) atoms. The number of esters is 1. The first kappa shape index (κ1) is 16.9. The van der Waals surface area contributed by atoms with Crippen molar-refractivity contribution in [2.75, 3.05) is 7.11 Å². The Morgan fingerprint density at radius 1 is 1.45 bits per heavy atom. The van der Waals surface area contributed by atoms with Crippen molar-refractivity contribution in [3.05, 3.63) is 20.9 Å². The maximum absolute atomic E-state index is 12.5. The number of ether oxygens (including phenoxy) is 2. The van der Waals surface area contributed by atoms with Crippen LogP contribution in [-0.4, -0.2) is 24.4 Å². The zero-order chi connectivity index (χ0) is 15.5. The highest BCUT2D eigenvalue weighted by Crippen LogP contribution is 2.31. The van der Waals surface area contributed by atoms with E-state index in [2.05, 4.69) is 14.5 Å². The molecule has 0 bridgehead atoms. The van der Waals surface area contributed by atoms with E-state index in [1.165, 1.54) is 22.6 Å². The molecule has 0 aromatic carbocycles. The number of rotatable bonds is 4. The number of hydrogen-bond donors (Lipinski definition) is 0. The van der Waals surface area contributed by atoms with Crippen molar-refractivity contribution in [3.8, 4) is 5.88 Å². The van der Waals surface area contributed by atoms with E-state index in [1.54, 1.807) is 0 Å². The third-order valence-electron chi connectivity index (χ3n) is 2.04. The van der Waals surface area contributed by atoms with Crippen molar-refractivity contribution in [1.29, 1.82) is 0 Å². The number of alkyl halides is 5. The Bertz CT molecular complexity index is 506. The largest absolute Gasteiger partial charge is 0.574 e. The first-order valence-corrected chi connectivity index (χ1v) is 6.02. The van der Waals surface area contributed by atoms with Gasteiger partial charge in [-0.3, -0.25) is 4.79 Å². The lowest BCUT2D eigenvalue weighted by Gasteiger charge is -2.14. The number of methoxy groups -OCH3 is 1. The molecular formula is C10H7F5INO3. The minimum absolute atomic E-state index is 0.00227. The summed E-state index contributed by atoms with van der Waals surface area (Å²) < 4.78 is 69.7. The van der Waals surface area contributed by atoms with Gasteiger partial charge in [-0.15, -0.1) is 13.2 Å². The number of nitrogens with zero attached hydrogens (tertiary/aromatic N) is 1. The van der Waals surface area contributed by atoms with E-state index >= 15 is 0 Å². The average Bonchev–Trinajstić information content (AvgIpc) is 2.30. The molecule has 1 rings (SSSR count). The molecule has 10 heteroatoms. The Labute approximate surface area is 123 Å². The molecule has 0 radical (unpaired) electrons. The van der Waals surface area contributed by atoms with Crippen molar-refractivity contribution in [2.45, 2.75) is 19.2 Å². The number of hydrogen-bond acceptors (Lipinski definition) is 4. The molecule has 0 aliphatic rings. The number of aromatic nitrogens is 1. The SMILES string of the molecule is COC(=O)Cc1c(I)cc(C(F)F)nc1OC(F)(F)F. The Balaban J connectivity index is 3.28. The van der Waals surface area contributed by atoms with Gasteiger partial charge in [0.15, 0.2) is 0 Å². The highest BCUT2D eigenvalue weighted by atomic mass is 127. The Hall–Kier alpha value is -1.20. The molecule has 0 amide bonds. The highest BCUT2D eigenvalue weighted by molar-refractivity contribution is 14.1. The van der Waals surface area contributed by atoms with Crippen LogP contribution in [0.25, 0.3) is 0 Å². The van der Waals surface area contributed by atoms with Crippen LogP contribution >= 0.6 is 22.6 Å². The maximum atomic E-state index is 12.5. The van der Waals surface area contributed by atoms with Gasteiger partial charge >= 0.3 is 12.3 Å². The topological polar surface area (TPSA) is 48.4 Å². The van der Waals surface area contributed by atoms with E-state index in [-0.39, 0.29) is 9.13 Å². The van der Waals surface area contributed by atoms with E-state index in [0.717, 1.165) is 13.2 Å². The van der Waals surface area contributed by atoms with Crippen molar-refractivity contribution in [1.82, 2.24) is 4.98 Å². The molecule has 0 aliphatic carbocycles. The Morgan fingerprint density at radius 2 is 2.05 bits per heavy atom. The second-order valence-corrected chi connectivity index (χ2v) is 4.58. The van der Waals surface area contributed by atoms with Crippen LogP contribution in [0.3, 0.4) is 0 Å². The monoisotopic (exact) mass is 411 g/mol. The molecular weight excluding hydrogens is 404 g/mol. The van der Waals surface area contributed by atoms with Crippen molar-refractivity contribution < 1.29 is 36.2 Å². The summed E-state index contributed by atoms with van der Waals surface area (Å²) in [7, 11) is 1.04. The minimum Gasteiger partial charge on any atom is -0.469 e. The van der Waals surface area contributed by atoms with Gasteiger partial charge in [-0.2, -0.15) is 0 Å². The van der Waals surface area contributed by atoms with Crippen LogP contribution in [0.1, 0.15) is 17.7 Å². The Morgan fingerprint density at radius 3 is 2.50 bits per heavy atom. The van der Waals surface area contributed by atoms with E-state index in [1.807, 2.05) is 0 Å². The van der Waals surface area contributed by atoms with Crippen LogP contribution < -0.4 is 4.74 Å². The molecule has 0 saturated heterocycles. The van der Waals surface area contributed by atoms with Crippen LogP contribution in [0.5, 0.6) is 5.88 Å². The minimum atomic E-state index is -5.11. The van der Waals surface area contributed by atoms with Gasteiger partial charge in [-0.25, -0.2) is 13.8 Å². The van der Waals surface area contributed by atoms with E-state index in [4.69, 9.17) is 0 Å². The second-order valence-electron chi connectivity index (χ2n) is 3.41. The fourth-order valence-electron chi connectivity index (χ4n) is 1.22. The van der Waals surface area contributed by atoms with Crippen molar-refractivity contribution in [2.24, 2.45) is 0 Å². The smallest absolute Gasteiger partial charge is 0.469 e. The standard InChI is InChI=1S/C10H7F5INO3/c1-19-7(18)2-4-5(16)3-6(8(11)12)17-9(4)20-10(13,14)15/h3,8H,2H2,1H3. The van der Waals surface area contributed by atoms with Crippen LogP contribution in [-0.2, 0) is 16.0 Å². The summed E-state index contributed by atoms with van der Waals surface area (Å²) in [5, 5.41) is 0. The normalized spacial score (nSPS) is 11.6. The molecule has 0 N–H and O–H groups in total. The summed E-state index contributed by atoms with van der Waals surface area (Å²) >= 11 is 1.52. The zero-order valence-corrected chi connectivity index (χ0v) is 12.0. The molecule has 0 saturated carbocycles. The van der Waals surface area contributed by atoms with Gasteiger partial charge in [0.2, 0.25) is 5.88 Å². The predicted octanol–water partition coefficient (Wildman–Crippen LogP) is 3.24. The van der Waals surface area contributed by atoms with Crippen LogP contribution in [0.15, 0.2) is 6.07 Å². The number of pyridine rings is 1. The second kappa shape index (κ2) is 6.50. The summed E-state index contributed by atoms with van der Waals surface area (Å²) in [5.41, 5.74) is -1.14. The van der Waals surface area contributed by atoms with Gasteiger partial charge in [0, 0.05) is 9.13 Å². The quantitative estimate of drug-likeness (QED) is 0.434. The number of carbonyl (C=O) groups excluding carboxylic acids is 1. The average molecular weight is 411 g/mol. The molecule has 0 unspecified atom stereocenters. The molecule has 112 valence electrons. The van der Waals surface area contributed by atoms with Gasteiger partial charge < -0.3 is 9.47 Å². The van der Waals surface area contributed by atoms with Gasteiger partial charge in [-0.1, -0.05) is 0 Å². The van der Waals surface area contributed by atoms with Gasteiger partial charge in [0.05, 0.1) is 13.5 Å². The fourth-order valence-corrected chi connectivity index (χ4v) is 1.96. The van der Waals surface area contributed by atoms with Crippen LogP contribution in [0.2, 0.25) is 0 Å². The van der Waals surface area contributed by atoms with Gasteiger partial charge in [0.1, 0.15) is 5.69 Å². The van der Waals surface area contributed by atoms with E-state index < -0.39 is 36.8 Å². The van der Waals surface area contributed by atoms with Gasteiger partial charge in [-0.05, 0) is 28.7 Å². The van der Waals surface area contributed by atoms with Crippen molar-refractivity contribution in [3.63, 3.8) is 0 Å². The number of halogens is 6. The summed E-state index contributed by atoms with van der Waals surface area (Å²) in [6.45, 7) is 0. The Kier molecular flexibility index (Phi) is 5.48. The highest BCUT2D eigenvalue weighted by Gasteiger charge is 2.34. The summed E-state index contributed by atoms with van der Waals surface area (Å²) in [6, 6.07) is 0.882. The summed E-state index contributed by atoms with van der Waals surface area (Å²) in [4.78, 5) is 14.2. The lowest BCUT2D eigenvalue weighted by atomic mass is 10.2. The third-order valence-corrected chi connectivity index (χ3v) is 3.00. The molecule has 0 atom stereocenters. The first-order chi connectivity index (χ1) is 9.14. The van der Waals surface area contributed by atoms with E-state index in [9.17, 15) is 26.7 Å². The van der Waals surface area contributed by atoms with Crippen molar-refractivity contribution >= 4 is 28.6 Å². The molecule has 4 nitrogen and oxygen atoms in total. The fraction of sp³-hybridized carbons (Fsp3) is 0.400. The lowest BCUT2D eigenvalue weighted by molar-refractivity contribution is -0.276. The molecule has 0 spiro atoms. The molecule has 1 heterocycles. The molecule has 1 aromatic rings. The van der Waals surface area contributed by atoms with Gasteiger partial charge in [0.25, 0.3) is 6.43 Å². The number of carbonyl (C=O) groups is 1. The first-order valence-electron chi connectivity index (χ1n) is 4.94. The molecule has 0 fully saturated rings. The zero-order valence-electron chi connectivity index (χ0n) is 9.80. The van der Waals surface area contributed by atoms with E-state index in [0.29, 0.717) is 0 Å². The van der Waals surface area contributed by atoms with Crippen LogP contribution in [0.4, 0.5) is 22.0 Å². The summed E-state index contributed by atoms with van der Waals surface area (Å²) in [6.07, 6.45) is -8.75. The predicted molar refractivity (Wildman–Crippen MR) is 64.3 cm³/mol. The van der Waals surface area contributed by atoms with Crippen LogP contribution in [0, 0.1) is 3.57 Å². The third kappa shape index (κ3) is 4.72. The molecule has 0 aliphatic heterocycles. The molecule has 1 aromatic heterocycles. The lowest BCUT2D eigenvalue weighted by Crippen LogP contribution is -2.21. The summed E-state index contributed by atoms with van der Waals surface area (Å²) in [5.74, 6) is -1.92.